The highest BCUT2D eigenvalue weighted by Gasteiger charge is 2.21. The number of amides is 1. The Morgan fingerprint density at radius 1 is 1.27 bits per heavy atom. The first kappa shape index (κ1) is 17.1. The van der Waals surface area contributed by atoms with Crippen LogP contribution in [0.25, 0.3) is 5.69 Å². The van der Waals surface area contributed by atoms with Crippen molar-refractivity contribution in [2.45, 2.75) is 39.7 Å². The largest absolute Gasteiger partial charge is 0.347 e. The Bertz CT molecular complexity index is 907. The molecule has 4 rings (SSSR count). The summed E-state index contributed by atoms with van der Waals surface area (Å²) < 4.78 is 2.36. The van der Waals surface area contributed by atoms with E-state index in [-0.39, 0.29) is 5.91 Å². The van der Waals surface area contributed by atoms with Gasteiger partial charge in [0.25, 0.3) is 5.91 Å². The summed E-state index contributed by atoms with van der Waals surface area (Å²) in [6, 6.07) is 14.3. The van der Waals surface area contributed by atoms with Crippen LogP contribution in [0.3, 0.4) is 0 Å². The summed E-state index contributed by atoms with van der Waals surface area (Å²) in [5.74, 6) is 0.747. The Morgan fingerprint density at radius 3 is 2.81 bits per heavy atom. The predicted octanol–water partition coefficient (Wildman–Crippen LogP) is 4.90. The molecule has 1 N–H and O–H groups in total. The van der Waals surface area contributed by atoms with Gasteiger partial charge in [-0.1, -0.05) is 13.0 Å². The Kier molecular flexibility index (Phi) is 4.68. The van der Waals surface area contributed by atoms with Gasteiger partial charge in [0.15, 0.2) is 0 Å². The number of fused-ring (bicyclic) bond motifs is 1. The number of aromatic nitrogens is 1. The van der Waals surface area contributed by atoms with Crippen LogP contribution in [0.1, 0.15) is 45.5 Å². The average Bonchev–Trinajstić information content (AvgIpc) is 3.26. The second-order valence-corrected chi connectivity index (χ2v) is 8.28. The van der Waals surface area contributed by atoms with Crippen LogP contribution in [0, 0.1) is 12.8 Å². The molecule has 0 spiro atoms. The quantitative estimate of drug-likeness (QED) is 0.702. The van der Waals surface area contributed by atoms with E-state index in [4.69, 9.17) is 0 Å². The number of aryl methyl sites for hydroxylation is 1. The molecule has 1 amide bonds. The summed E-state index contributed by atoms with van der Waals surface area (Å²) in [5, 5.41) is 5.01. The van der Waals surface area contributed by atoms with Crippen LogP contribution in [0.15, 0.2) is 47.8 Å². The first-order valence-corrected chi connectivity index (χ1v) is 10.1. The zero-order valence-electron chi connectivity index (χ0n) is 15.3. The van der Waals surface area contributed by atoms with Crippen molar-refractivity contribution in [1.29, 1.82) is 0 Å². The molecule has 0 bridgehead atoms. The minimum Gasteiger partial charge on any atom is -0.347 e. The second-order valence-electron chi connectivity index (χ2n) is 7.25. The highest BCUT2D eigenvalue weighted by molar-refractivity contribution is 7.09. The van der Waals surface area contributed by atoms with Gasteiger partial charge in [0.05, 0.1) is 6.54 Å². The van der Waals surface area contributed by atoms with Gasteiger partial charge in [-0.05, 0) is 79.4 Å². The van der Waals surface area contributed by atoms with Crippen molar-refractivity contribution in [3.8, 4) is 5.69 Å². The van der Waals surface area contributed by atoms with E-state index in [1.54, 1.807) is 11.3 Å². The average molecular weight is 365 g/mol. The van der Waals surface area contributed by atoms with E-state index in [9.17, 15) is 4.79 Å². The van der Waals surface area contributed by atoms with Gasteiger partial charge in [0, 0.05) is 27.5 Å². The van der Waals surface area contributed by atoms with E-state index >= 15 is 0 Å². The van der Waals surface area contributed by atoms with Crippen LogP contribution in [0.4, 0.5) is 0 Å². The van der Waals surface area contributed by atoms with E-state index in [2.05, 4.69) is 41.9 Å². The molecule has 0 aliphatic heterocycles. The lowest BCUT2D eigenvalue weighted by atomic mass is 9.89. The number of hydrogen-bond donors (Lipinski definition) is 1. The van der Waals surface area contributed by atoms with Crippen molar-refractivity contribution in [2.24, 2.45) is 5.92 Å². The predicted molar refractivity (Wildman–Crippen MR) is 107 cm³/mol. The Hall–Kier alpha value is -2.33. The van der Waals surface area contributed by atoms with Gasteiger partial charge in [-0.3, -0.25) is 4.79 Å². The molecule has 1 aliphatic carbocycles. The summed E-state index contributed by atoms with van der Waals surface area (Å²) in [5.41, 5.74) is 6.05. The molecule has 26 heavy (non-hydrogen) atoms. The maximum atomic E-state index is 12.4. The van der Waals surface area contributed by atoms with E-state index in [0.29, 0.717) is 12.1 Å². The molecule has 2 aromatic heterocycles. The van der Waals surface area contributed by atoms with E-state index in [1.165, 1.54) is 34.7 Å². The standard InChI is InChI=1S/C22H24N2OS/c1-15-5-10-21-18(12-15)13-16(2)24(21)19-8-6-17(7-9-19)22(25)23-14-20-4-3-11-26-20/h3-4,6-9,11,13,15H,5,10,12,14H2,1-2H3,(H,23,25). The topological polar surface area (TPSA) is 34.0 Å². The van der Waals surface area contributed by atoms with Crippen molar-refractivity contribution in [2.75, 3.05) is 0 Å². The minimum absolute atomic E-state index is 0.0231. The second kappa shape index (κ2) is 7.12. The fourth-order valence-electron chi connectivity index (χ4n) is 3.87. The van der Waals surface area contributed by atoms with Crippen LogP contribution < -0.4 is 5.32 Å². The Labute approximate surface area is 158 Å². The Balaban J connectivity index is 1.52. The minimum atomic E-state index is -0.0231. The number of benzene rings is 1. The third-order valence-electron chi connectivity index (χ3n) is 5.21. The van der Waals surface area contributed by atoms with Crippen molar-refractivity contribution in [3.63, 3.8) is 0 Å². The molecule has 0 saturated carbocycles. The number of carbonyl (C=O) groups excluding carboxylic acids is 1. The lowest BCUT2D eigenvalue weighted by Gasteiger charge is -2.21. The molecular formula is C22H24N2OS. The smallest absolute Gasteiger partial charge is 0.251 e. The normalized spacial score (nSPS) is 16.3. The lowest BCUT2D eigenvalue weighted by Crippen LogP contribution is -2.22. The molecule has 1 aromatic carbocycles. The molecule has 0 fully saturated rings. The van der Waals surface area contributed by atoms with Gasteiger partial charge in [0.1, 0.15) is 0 Å². The van der Waals surface area contributed by atoms with Crippen LogP contribution in [-0.2, 0) is 19.4 Å². The molecule has 1 atom stereocenters. The summed E-state index contributed by atoms with van der Waals surface area (Å²) in [4.78, 5) is 13.5. The van der Waals surface area contributed by atoms with Gasteiger partial charge in [-0.2, -0.15) is 0 Å². The molecular weight excluding hydrogens is 340 g/mol. The Morgan fingerprint density at radius 2 is 2.08 bits per heavy atom. The summed E-state index contributed by atoms with van der Waals surface area (Å²) in [6.45, 7) is 5.09. The van der Waals surface area contributed by atoms with Crippen LogP contribution in [0.2, 0.25) is 0 Å². The number of nitrogens with one attached hydrogen (secondary N) is 1. The number of carbonyl (C=O) groups is 1. The number of thiophene rings is 1. The molecule has 1 aliphatic rings. The fraction of sp³-hybridized carbons (Fsp3) is 0.318. The number of nitrogens with zero attached hydrogens (tertiary/aromatic N) is 1. The highest BCUT2D eigenvalue weighted by Crippen LogP contribution is 2.30. The van der Waals surface area contributed by atoms with Gasteiger partial charge in [-0.15, -0.1) is 11.3 Å². The van der Waals surface area contributed by atoms with Crippen molar-refractivity contribution in [1.82, 2.24) is 9.88 Å². The number of rotatable bonds is 4. The molecule has 0 radical (unpaired) electrons. The first-order valence-electron chi connectivity index (χ1n) is 9.23. The monoisotopic (exact) mass is 364 g/mol. The third-order valence-corrected chi connectivity index (χ3v) is 6.09. The summed E-state index contributed by atoms with van der Waals surface area (Å²) in [7, 11) is 0. The van der Waals surface area contributed by atoms with Gasteiger partial charge >= 0.3 is 0 Å². The highest BCUT2D eigenvalue weighted by atomic mass is 32.1. The number of hydrogen-bond acceptors (Lipinski definition) is 2. The molecule has 1 unspecified atom stereocenters. The van der Waals surface area contributed by atoms with Crippen molar-refractivity contribution in [3.05, 3.63) is 75.2 Å². The molecule has 134 valence electrons. The SMILES string of the molecule is Cc1cc2c(n1-c1ccc(C(=O)NCc3cccs3)cc1)CCC(C)C2. The maximum absolute atomic E-state index is 12.4. The van der Waals surface area contributed by atoms with E-state index < -0.39 is 0 Å². The van der Waals surface area contributed by atoms with Crippen molar-refractivity contribution >= 4 is 17.2 Å². The van der Waals surface area contributed by atoms with E-state index in [1.807, 2.05) is 29.6 Å². The zero-order valence-corrected chi connectivity index (χ0v) is 16.1. The van der Waals surface area contributed by atoms with Crippen LogP contribution in [0.5, 0.6) is 0 Å². The van der Waals surface area contributed by atoms with Gasteiger partial charge in [0.2, 0.25) is 0 Å². The van der Waals surface area contributed by atoms with Crippen LogP contribution in [-0.4, -0.2) is 10.5 Å². The lowest BCUT2D eigenvalue weighted by molar-refractivity contribution is 0.0951. The van der Waals surface area contributed by atoms with E-state index in [0.717, 1.165) is 18.0 Å². The fourth-order valence-corrected chi connectivity index (χ4v) is 4.51. The first-order chi connectivity index (χ1) is 12.6. The van der Waals surface area contributed by atoms with Crippen molar-refractivity contribution < 1.29 is 4.79 Å². The molecule has 3 aromatic rings. The molecule has 4 heteroatoms. The maximum Gasteiger partial charge on any atom is 0.251 e. The summed E-state index contributed by atoms with van der Waals surface area (Å²) in [6.07, 6.45) is 3.55. The van der Waals surface area contributed by atoms with Gasteiger partial charge < -0.3 is 9.88 Å². The molecule has 3 nitrogen and oxygen atoms in total. The van der Waals surface area contributed by atoms with Crippen LogP contribution >= 0.6 is 11.3 Å². The molecule has 0 saturated heterocycles. The zero-order chi connectivity index (χ0) is 18.1. The van der Waals surface area contributed by atoms with Gasteiger partial charge in [-0.25, -0.2) is 0 Å². The third kappa shape index (κ3) is 3.34. The summed E-state index contributed by atoms with van der Waals surface area (Å²) >= 11 is 1.66. The molecule has 2 heterocycles.